The maximum absolute atomic E-state index is 2.46. The van der Waals surface area contributed by atoms with Crippen molar-refractivity contribution in [3.05, 3.63) is 101 Å². The van der Waals surface area contributed by atoms with Crippen molar-refractivity contribution in [3.63, 3.8) is 0 Å². The summed E-state index contributed by atoms with van der Waals surface area (Å²) in [6.07, 6.45) is 2.38. The van der Waals surface area contributed by atoms with E-state index < -0.39 is 0 Å². The molecule has 26 heavy (non-hydrogen) atoms. The summed E-state index contributed by atoms with van der Waals surface area (Å²) in [7, 11) is 0. The van der Waals surface area contributed by atoms with Crippen LogP contribution in [0.1, 0.15) is 54.9 Å². The smallest absolute Gasteiger partial charge is 0.0162 e. The Morgan fingerprint density at radius 1 is 0.615 bits per heavy atom. The largest absolute Gasteiger partial charge is 0.0646 e. The van der Waals surface area contributed by atoms with Crippen LogP contribution in [0, 0.1) is 5.41 Å². The molecule has 1 atom stereocenters. The quantitative estimate of drug-likeness (QED) is 0.471. The van der Waals surface area contributed by atoms with Crippen molar-refractivity contribution in [2.45, 2.75) is 32.6 Å². The van der Waals surface area contributed by atoms with Gasteiger partial charge in [-0.05, 0) is 45.7 Å². The van der Waals surface area contributed by atoms with Gasteiger partial charge in [0.25, 0.3) is 0 Å². The van der Waals surface area contributed by atoms with Crippen LogP contribution in [-0.2, 0) is 0 Å². The number of fused-ring (bicyclic) bond motifs is 4. The van der Waals surface area contributed by atoms with E-state index in [1.54, 1.807) is 0 Å². The Labute approximate surface area is 156 Å². The van der Waals surface area contributed by atoms with Crippen molar-refractivity contribution in [1.82, 2.24) is 0 Å². The van der Waals surface area contributed by atoms with Gasteiger partial charge in [-0.3, -0.25) is 0 Å². The molecular weight excluding hydrogens is 312 g/mol. The van der Waals surface area contributed by atoms with Gasteiger partial charge in [-0.15, -0.1) is 0 Å². The fourth-order valence-electron chi connectivity index (χ4n) is 5.59. The van der Waals surface area contributed by atoms with E-state index in [9.17, 15) is 0 Å². The van der Waals surface area contributed by atoms with Gasteiger partial charge in [-0.1, -0.05) is 98.3 Å². The molecule has 0 saturated carbocycles. The van der Waals surface area contributed by atoms with Crippen LogP contribution in [0.15, 0.2) is 78.4 Å². The average Bonchev–Trinajstić information content (AvgIpc) is 3.16. The second-order valence-electron chi connectivity index (χ2n) is 8.38. The number of hydrogen-bond donors (Lipinski definition) is 0. The molecule has 0 nitrogen and oxygen atoms in total. The molecular formula is C26H24. The molecule has 0 heterocycles. The molecule has 3 aromatic carbocycles. The first-order chi connectivity index (χ1) is 12.6. The first-order valence-electron chi connectivity index (χ1n) is 9.54. The molecule has 3 aromatic rings. The predicted molar refractivity (Wildman–Crippen MR) is 110 cm³/mol. The van der Waals surface area contributed by atoms with Crippen LogP contribution in [0.3, 0.4) is 0 Å². The van der Waals surface area contributed by atoms with Gasteiger partial charge in [0, 0.05) is 11.8 Å². The Kier molecular flexibility index (Phi) is 3.28. The highest BCUT2D eigenvalue weighted by atomic mass is 14.5. The van der Waals surface area contributed by atoms with E-state index in [1.165, 1.54) is 39.0 Å². The molecule has 0 radical (unpaired) electrons. The van der Waals surface area contributed by atoms with Crippen LogP contribution in [0.2, 0.25) is 0 Å². The molecule has 2 aliphatic rings. The van der Waals surface area contributed by atoms with E-state index in [0.29, 0.717) is 11.8 Å². The average molecular weight is 336 g/mol. The van der Waals surface area contributed by atoms with E-state index >= 15 is 0 Å². The molecule has 0 N–H and O–H groups in total. The lowest BCUT2D eigenvalue weighted by molar-refractivity contribution is 0.278. The normalized spacial score (nSPS) is 18.3. The molecule has 0 aromatic heterocycles. The molecule has 0 fully saturated rings. The van der Waals surface area contributed by atoms with Gasteiger partial charge in [0.05, 0.1) is 0 Å². The monoisotopic (exact) mass is 336 g/mol. The minimum Gasteiger partial charge on any atom is -0.0646 e. The van der Waals surface area contributed by atoms with Crippen molar-refractivity contribution < 1.29 is 0 Å². The standard InChI is InChI=1S/C26H24/c1-17-16-18-10-4-5-11-19(18)24(17)26(2,3)25-22-14-8-6-12-20(22)21-13-7-9-15-23(21)25/h4-16,24-25H,1-3H3. The molecule has 2 aliphatic carbocycles. The van der Waals surface area contributed by atoms with Crippen molar-refractivity contribution >= 4 is 6.08 Å². The van der Waals surface area contributed by atoms with Gasteiger partial charge >= 0.3 is 0 Å². The van der Waals surface area contributed by atoms with Crippen molar-refractivity contribution in [3.8, 4) is 11.1 Å². The Morgan fingerprint density at radius 3 is 1.73 bits per heavy atom. The summed E-state index contributed by atoms with van der Waals surface area (Å²) in [5, 5.41) is 0. The third kappa shape index (κ3) is 2.02. The predicted octanol–water partition coefficient (Wildman–Crippen LogP) is 7.03. The summed E-state index contributed by atoms with van der Waals surface area (Å²) >= 11 is 0. The second-order valence-corrected chi connectivity index (χ2v) is 8.38. The van der Waals surface area contributed by atoms with Crippen LogP contribution in [0.5, 0.6) is 0 Å². The van der Waals surface area contributed by atoms with Crippen molar-refractivity contribution in [2.75, 3.05) is 0 Å². The maximum Gasteiger partial charge on any atom is 0.0162 e. The molecule has 0 spiro atoms. The van der Waals surface area contributed by atoms with E-state index in [4.69, 9.17) is 0 Å². The maximum atomic E-state index is 2.46. The van der Waals surface area contributed by atoms with Crippen LogP contribution >= 0.6 is 0 Å². The Hall–Kier alpha value is -2.60. The van der Waals surface area contributed by atoms with Crippen LogP contribution < -0.4 is 0 Å². The summed E-state index contributed by atoms with van der Waals surface area (Å²) < 4.78 is 0. The Bertz CT molecular complexity index is 990. The van der Waals surface area contributed by atoms with Gasteiger partial charge in [0.2, 0.25) is 0 Å². The number of allylic oxidation sites excluding steroid dienone is 1. The van der Waals surface area contributed by atoms with Crippen molar-refractivity contribution in [2.24, 2.45) is 5.41 Å². The zero-order chi connectivity index (χ0) is 17.9. The van der Waals surface area contributed by atoms with Crippen LogP contribution in [-0.4, -0.2) is 0 Å². The second kappa shape index (κ2) is 5.45. The lowest BCUT2D eigenvalue weighted by Gasteiger charge is -2.40. The highest BCUT2D eigenvalue weighted by Crippen LogP contribution is 2.60. The zero-order valence-corrected chi connectivity index (χ0v) is 15.7. The van der Waals surface area contributed by atoms with Gasteiger partial charge in [0.1, 0.15) is 0 Å². The summed E-state index contributed by atoms with van der Waals surface area (Å²) in [6, 6.07) is 26.9. The van der Waals surface area contributed by atoms with Crippen LogP contribution in [0.25, 0.3) is 17.2 Å². The van der Waals surface area contributed by atoms with Crippen LogP contribution in [0.4, 0.5) is 0 Å². The van der Waals surface area contributed by atoms with Gasteiger partial charge in [-0.2, -0.15) is 0 Å². The molecule has 0 saturated heterocycles. The minimum atomic E-state index is 0.0931. The van der Waals surface area contributed by atoms with E-state index in [1.807, 2.05) is 0 Å². The van der Waals surface area contributed by atoms with E-state index in [0.717, 1.165) is 0 Å². The van der Waals surface area contributed by atoms with E-state index in [-0.39, 0.29) is 5.41 Å². The topological polar surface area (TPSA) is 0 Å². The third-order valence-electron chi connectivity index (χ3n) is 6.47. The first-order valence-corrected chi connectivity index (χ1v) is 9.54. The highest BCUT2D eigenvalue weighted by molar-refractivity contribution is 5.79. The number of rotatable bonds is 2. The molecule has 0 bridgehead atoms. The molecule has 5 rings (SSSR count). The summed E-state index contributed by atoms with van der Waals surface area (Å²) in [5.74, 6) is 0.859. The van der Waals surface area contributed by atoms with Gasteiger partial charge in [-0.25, -0.2) is 0 Å². The highest BCUT2D eigenvalue weighted by Gasteiger charge is 2.46. The fourth-order valence-corrected chi connectivity index (χ4v) is 5.59. The fraction of sp³-hybridized carbons (Fsp3) is 0.231. The lowest BCUT2D eigenvalue weighted by atomic mass is 9.63. The SMILES string of the molecule is CC1=Cc2ccccc2C1C(C)(C)C1c2ccccc2-c2ccccc21. The zero-order valence-electron chi connectivity index (χ0n) is 15.7. The Morgan fingerprint density at radius 2 is 1.12 bits per heavy atom. The molecule has 0 amide bonds. The van der Waals surface area contributed by atoms with E-state index in [2.05, 4.69) is 99.6 Å². The number of hydrogen-bond acceptors (Lipinski definition) is 0. The summed E-state index contributed by atoms with van der Waals surface area (Å²) in [4.78, 5) is 0. The van der Waals surface area contributed by atoms with Gasteiger partial charge in [0.15, 0.2) is 0 Å². The van der Waals surface area contributed by atoms with Crippen molar-refractivity contribution in [1.29, 1.82) is 0 Å². The van der Waals surface area contributed by atoms with Gasteiger partial charge < -0.3 is 0 Å². The Balaban J connectivity index is 1.72. The number of benzene rings is 3. The lowest BCUT2D eigenvalue weighted by Crippen LogP contribution is -2.29. The first kappa shape index (κ1) is 15.6. The molecule has 0 heteroatoms. The summed E-state index contributed by atoms with van der Waals surface area (Å²) in [6.45, 7) is 7.22. The molecule has 128 valence electrons. The third-order valence-corrected chi connectivity index (χ3v) is 6.47. The molecule has 0 aliphatic heterocycles. The molecule has 1 unspecified atom stereocenters. The minimum absolute atomic E-state index is 0.0931. The summed E-state index contributed by atoms with van der Waals surface area (Å²) in [5.41, 5.74) is 10.2.